The van der Waals surface area contributed by atoms with Crippen LogP contribution in [0.5, 0.6) is 0 Å². The van der Waals surface area contributed by atoms with E-state index in [1.165, 1.54) is 6.20 Å². The zero-order valence-electron chi connectivity index (χ0n) is 8.86. The Hall–Kier alpha value is -0.550. The summed E-state index contributed by atoms with van der Waals surface area (Å²) in [7, 11) is 1.73. The fraction of sp³-hybridized carbons (Fsp3) is 0.182. The van der Waals surface area contributed by atoms with Gasteiger partial charge in [-0.3, -0.25) is 4.68 Å². The molecule has 2 rings (SSSR count). The zero-order valence-corrected chi connectivity index (χ0v) is 12.0. The number of aliphatic hydroxyl groups excluding tert-OH is 1. The Morgan fingerprint density at radius 3 is 2.59 bits per heavy atom. The summed E-state index contributed by atoms with van der Waals surface area (Å²) < 4.78 is 2.35. The molecule has 17 heavy (non-hydrogen) atoms. The maximum Gasteiger partial charge on any atom is 0.122 e. The highest BCUT2D eigenvalue weighted by Crippen LogP contribution is 2.31. The smallest absolute Gasteiger partial charge is 0.122 e. The lowest BCUT2D eigenvalue weighted by Crippen LogP contribution is -2.07. The Balaban J connectivity index is 2.47. The van der Waals surface area contributed by atoms with Crippen molar-refractivity contribution in [2.45, 2.75) is 6.10 Å². The van der Waals surface area contributed by atoms with Crippen molar-refractivity contribution in [3.63, 3.8) is 0 Å². The number of nitrogens with zero attached hydrogens (tertiary/aromatic N) is 2. The maximum atomic E-state index is 10.3. The molecule has 0 radical (unpaired) electrons. The predicted octanol–water partition coefficient (Wildman–Crippen LogP) is 3.57. The SMILES string of the molecule is Cn1ncc(Cl)c1C(O)c1cc(Cl)cc(Br)c1. The third-order valence-corrected chi connectivity index (χ3v) is 3.36. The quantitative estimate of drug-likeness (QED) is 0.911. The fourth-order valence-electron chi connectivity index (χ4n) is 1.62. The molecule has 0 saturated heterocycles. The molecule has 1 aromatic heterocycles. The minimum absolute atomic E-state index is 0.427. The molecular weight excluding hydrogens is 327 g/mol. The van der Waals surface area contributed by atoms with Crippen LogP contribution in [0, 0.1) is 0 Å². The number of hydrogen-bond donors (Lipinski definition) is 1. The monoisotopic (exact) mass is 334 g/mol. The van der Waals surface area contributed by atoms with E-state index in [0.29, 0.717) is 21.3 Å². The molecule has 1 heterocycles. The van der Waals surface area contributed by atoms with Crippen molar-refractivity contribution in [2.24, 2.45) is 7.05 Å². The molecule has 0 bridgehead atoms. The van der Waals surface area contributed by atoms with Crippen LogP contribution in [0.1, 0.15) is 17.4 Å². The lowest BCUT2D eigenvalue weighted by molar-refractivity contribution is 0.210. The predicted molar refractivity (Wildman–Crippen MR) is 71.4 cm³/mol. The number of aryl methyl sites for hydroxylation is 1. The van der Waals surface area contributed by atoms with Gasteiger partial charge >= 0.3 is 0 Å². The Morgan fingerprint density at radius 2 is 2.06 bits per heavy atom. The lowest BCUT2D eigenvalue weighted by Gasteiger charge is -2.13. The molecule has 3 nitrogen and oxygen atoms in total. The fourth-order valence-corrected chi connectivity index (χ4v) is 2.77. The van der Waals surface area contributed by atoms with Crippen molar-refractivity contribution in [1.82, 2.24) is 9.78 Å². The van der Waals surface area contributed by atoms with Crippen molar-refractivity contribution in [3.8, 4) is 0 Å². The van der Waals surface area contributed by atoms with Crippen LogP contribution in [0.4, 0.5) is 0 Å². The van der Waals surface area contributed by atoms with Crippen LogP contribution in [0.2, 0.25) is 10.0 Å². The molecule has 0 saturated carbocycles. The highest BCUT2D eigenvalue weighted by Gasteiger charge is 2.19. The van der Waals surface area contributed by atoms with Gasteiger partial charge in [0.2, 0.25) is 0 Å². The van der Waals surface area contributed by atoms with Crippen LogP contribution < -0.4 is 0 Å². The van der Waals surface area contributed by atoms with E-state index < -0.39 is 6.10 Å². The molecule has 0 aliphatic rings. The van der Waals surface area contributed by atoms with E-state index in [-0.39, 0.29) is 0 Å². The average molecular weight is 336 g/mol. The number of aromatic nitrogens is 2. The number of halogens is 3. The minimum Gasteiger partial charge on any atom is -0.382 e. The Kier molecular flexibility index (Phi) is 3.78. The molecule has 0 spiro atoms. The largest absolute Gasteiger partial charge is 0.382 e. The van der Waals surface area contributed by atoms with Gasteiger partial charge in [0.1, 0.15) is 6.10 Å². The number of rotatable bonds is 2. The van der Waals surface area contributed by atoms with Gasteiger partial charge in [0.25, 0.3) is 0 Å². The third kappa shape index (κ3) is 2.65. The standard InChI is InChI=1S/C11H9BrCl2N2O/c1-16-10(9(14)5-15-16)11(17)6-2-7(12)4-8(13)3-6/h2-5,11,17H,1H3. The van der Waals surface area contributed by atoms with Crippen molar-refractivity contribution >= 4 is 39.1 Å². The third-order valence-electron chi connectivity index (χ3n) is 2.40. The van der Waals surface area contributed by atoms with Gasteiger partial charge in [0.15, 0.2) is 0 Å². The lowest BCUT2D eigenvalue weighted by atomic mass is 10.1. The van der Waals surface area contributed by atoms with E-state index >= 15 is 0 Å². The second kappa shape index (κ2) is 4.98. The van der Waals surface area contributed by atoms with Crippen LogP contribution in [-0.4, -0.2) is 14.9 Å². The molecule has 1 aromatic carbocycles. The summed E-state index contributed by atoms with van der Waals surface area (Å²) in [6, 6.07) is 5.24. The van der Waals surface area contributed by atoms with Gasteiger partial charge in [-0.1, -0.05) is 39.1 Å². The molecule has 0 fully saturated rings. The van der Waals surface area contributed by atoms with Gasteiger partial charge in [-0.25, -0.2) is 0 Å². The first-order valence-electron chi connectivity index (χ1n) is 4.80. The summed E-state index contributed by atoms with van der Waals surface area (Å²) in [5, 5.41) is 15.2. The zero-order chi connectivity index (χ0) is 12.6. The van der Waals surface area contributed by atoms with Gasteiger partial charge in [-0.15, -0.1) is 0 Å². The van der Waals surface area contributed by atoms with Crippen LogP contribution in [-0.2, 0) is 7.05 Å². The first-order valence-corrected chi connectivity index (χ1v) is 6.35. The summed E-state index contributed by atoms with van der Waals surface area (Å²) in [6.07, 6.45) is 0.643. The van der Waals surface area contributed by atoms with Crippen LogP contribution >= 0.6 is 39.1 Å². The molecule has 2 aromatic rings. The minimum atomic E-state index is -0.856. The molecule has 90 valence electrons. The van der Waals surface area contributed by atoms with Crippen molar-refractivity contribution < 1.29 is 5.11 Å². The van der Waals surface area contributed by atoms with E-state index in [1.54, 1.807) is 29.9 Å². The van der Waals surface area contributed by atoms with Gasteiger partial charge in [0, 0.05) is 16.5 Å². The van der Waals surface area contributed by atoms with Crippen molar-refractivity contribution in [2.75, 3.05) is 0 Å². The Bertz CT molecular complexity index is 517. The van der Waals surface area contributed by atoms with E-state index in [4.69, 9.17) is 23.2 Å². The summed E-state index contributed by atoms with van der Waals surface area (Å²) in [5.41, 5.74) is 1.20. The van der Waals surface area contributed by atoms with E-state index in [0.717, 1.165) is 4.47 Å². The topological polar surface area (TPSA) is 38.0 Å². The molecule has 0 aliphatic carbocycles. The van der Waals surface area contributed by atoms with Crippen molar-refractivity contribution in [1.29, 1.82) is 0 Å². The number of benzene rings is 1. The van der Waals surface area contributed by atoms with Crippen molar-refractivity contribution in [3.05, 3.63) is 50.2 Å². The van der Waals surface area contributed by atoms with E-state index in [9.17, 15) is 5.11 Å². The Labute approximate surface area is 117 Å². The maximum absolute atomic E-state index is 10.3. The van der Waals surface area contributed by atoms with Crippen LogP contribution in [0.15, 0.2) is 28.9 Å². The molecule has 6 heteroatoms. The summed E-state index contributed by atoms with van der Waals surface area (Å²) in [5.74, 6) is 0. The molecule has 0 amide bonds. The van der Waals surface area contributed by atoms with Gasteiger partial charge < -0.3 is 5.11 Å². The molecule has 1 unspecified atom stereocenters. The van der Waals surface area contributed by atoms with Gasteiger partial charge in [0.05, 0.1) is 16.9 Å². The van der Waals surface area contributed by atoms with Crippen LogP contribution in [0.25, 0.3) is 0 Å². The second-order valence-electron chi connectivity index (χ2n) is 3.61. The first-order chi connectivity index (χ1) is 7.99. The molecule has 1 atom stereocenters. The summed E-state index contributed by atoms with van der Waals surface area (Å²) in [6.45, 7) is 0. The number of hydrogen-bond acceptors (Lipinski definition) is 2. The first kappa shape index (κ1) is 12.9. The summed E-state index contributed by atoms with van der Waals surface area (Å²) >= 11 is 15.3. The second-order valence-corrected chi connectivity index (χ2v) is 5.37. The highest BCUT2D eigenvalue weighted by atomic mass is 79.9. The normalized spacial score (nSPS) is 12.8. The number of aliphatic hydroxyl groups is 1. The average Bonchev–Trinajstić information content (AvgIpc) is 2.56. The molecular formula is C11H9BrCl2N2O. The van der Waals surface area contributed by atoms with Gasteiger partial charge in [-0.2, -0.15) is 5.10 Å². The highest BCUT2D eigenvalue weighted by molar-refractivity contribution is 9.10. The van der Waals surface area contributed by atoms with E-state index in [1.807, 2.05) is 0 Å². The molecule has 0 aliphatic heterocycles. The van der Waals surface area contributed by atoms with E-state index in [2.05, 4.69) is 21.0 Å². The Morgan fingerprint density at radius 1 is 1.35 bits per heavy atom. The summed E-state index contributed by atoms with van der Waals surface area (Å²) in [4.78, 5) is 0. The van der Waals surface area contributed by atoms with Gasteiger partial charge in [-0.05, 0) is 23.8 Å². The molecule has 1 N–H and O–H groups in total. The van der Waals surface area contributed by atoms with Crippen LogP contribution in [0.3, 0.4) is 0 Å².